The monoisotopic (exact) mass is 508 g/mol. The van der Waals surface area contributed by atoms with E-state index in [0.717, 1.165) is 42.0 Å². The maximum Gasteiger partial charge on any atom is 0.227 e. The first-order chi connectivity index (χ1) is 13.5. The second-order valence-corrected chi connectivity index (χ2v) is 7.33. The molecule has 0 unspecified atom stereocenters. The fourth-order valence-corrected chi connectivity index (χ4v) is 2.92. The maximum absolute atomic E-state index is 12.1. The lowest BCUT2D eigenvalue weighted by atomic mass is 9.85. The molecule has 0 radical (unpaired) electrons. The SMILES string of the molecule is CC(C)Oc1ccc(NC(N)=NCc2cccc(NC(=O)C3CCC3)c2)cc1.I. The van der Waals surface area contributed by atoms with Crippen molar-refractivity contribution in [3.63, 3.8) is 0 Å². The average molecular weight is 508 g/mol. The molecule has 1 aliphatic rings. The van der Waals surface area contributed by atoms with Crippen molar-refractivity contribution in [2.45, 2.75) is 45.8 Å². The fourth-order valence-electron chi connectivity index (χ4n) is 2.92. The highest BCUT2D eigenvalue weighted by molar-refractivity contribution is 14.0. The first-order valence-corrected chi connectivity index (χ1v) is 9.73. The summed E-state index contributed by atoms with van der Waals surface area (Å²) in [6.45, 7) is 4.41. The molecule has 7 heteroatoms. The number of aliphatic imine (C=N–C) groups is 1. The predicted octanol–water partition coefficient (Wildman–Crippen LogP) is 4.76. The Hall–Kier alpha value is -2.29. The second kappa shape index (κ2) is 11.0. The number of carbonyl (C=O) groups excluding carboxylic acids is 1. The molecule has 0 bridgehead atoms. The lowest BCUT2D eigenvalue weighted by molar-refractivity contribution is -0.122. The van der Waals surface area contributed by atoms with Crippen LogP contribution in [0.1, 0.15) is 38.7 Å². The van der Waals surface area contributed by atoms with E-state index in [1.807, 2.05) is 62.4 Å². The van der Waals surface area contributed by atoms with Crippen molar-refractivity contribution >= 4 is 47.2 Å². The van der Waals surface area contributed by atoms with Crippen molar-refractivity contribution in [3.8, 4) is 5.75 Å². The molecule has 0 aliphatic heterocycles. The third-order valence-electron chi connectivity index (χ3n) is 4.60. The number of nitrogens with zero attached hydrogens (tertiary/aromatic N) is 1. The first-order valence-electron chi connectivity index (χ1n) is 9.73. The molecule has 0 spiro atoms. The zero-order valence-corrected chi connectivity index (χ0v) is 19.2. The second-order valence-electron chi connectivity index (χ2n) is 7.33. The molecule has 0 saturated heterocycles. The molecule has 156 valence electrons. The van der Waals surface area contributed by atoms with Gasteiger partial charge in [-0.15, -0.1) is 24.0 Å². The van der Waals surface area contributed by atoms with Crippen LogP contribution in [-0.2, 0) is 11.3 Å². The van der Waals surface area contributed by atoms with Gasteiger partial charge in [-0.05, 0) is 68.7 Å². The molecule has 6 nitrogen and oxygen atoms in total. The predicted molar refractivity (Wildman–Crippen MR) is 129 cm³/mol. The van der Waals surface area contributed by atoms with Gasteiger partial charge in [0.25, 0.3) is 0 Å². The highest BCUT2D eigenvalue weighted by Gasteiger charge is 2.25. The standard InChI is InChI=1S/C22H28N4O2.HI/c1-15(2)28-20-11-9-18(10-12-20)26-22(23)24-14-16-5-3-8-19(13-16)25-21(27)17-6-4-7-17;/h3,5,8-13,15,17H,4,6-7,14H2,1-2H3,(H,25,27)(H3,23,24,26);1H. The van der Waals surface area contributed by atoms with Crippen molar-refractivity contribution in [3.05, 3.63) is 54.1 Å². The van der Waals surface area contributed by atoms with Crippen molar-refractivity contribution in [1.29, 1.82) is 0 Å². The Kier molecular flexibility index (Phi) is 8.75. The van der Waals surface area contributed by atoms with Gasteiger partial charge in [-0.1, -0.05) is 18.6 Å². The molecule has 3 rings (SSSR count). The third-order valence-corrected chi connectivity index (χ3v) is 4.60. The summed E-state index contributed by atoms with van der Waals surface area (Å²) in [5, 5.41) is 6.06. The number of anilines is 2. The first kappa shape index (κ1) is 23.0. The zero-order chi connectivity index (χ0) is 19.9. The molecule has 2 aromatic rings. The van der Waals surface area contributed by atoms with E-state index in [9.17, 15) is 4.79 Å². The number of benzene rings is 2. The summed E-state index contributed by atoms with van der Waals surface area (Å²) < 4.78 is 5.62. The molecule has 1 fully saturated rings. The van der Waals surface area contributed by atoms with E-state index in [2.05, 4.69) is 15.6 Å². The van der Waals surface area contributed by atoms with E-state index in [1.165, 1.54) is 0 Å². The number of rotatable bonds is 7. The molecule has 1 amide bonds. The molecule has 0 aromatic heterocycles. The Bertz CT molecular complexity index is 833. The van der Waals surface area contributed by atoms with Crippen LogP contribution in [0.5, 0.6) is 5.75 Å². The summed E-state index contributed by atoms with van der Waals surface area (Å²) in [6, 6.07) is 15.3. The van der Waals surface area contributed by atoms with Crippen molar-refractivity contribution in [2.24, 2.45) is 16.6 Å². The van der Waals surface area contributed by atoms with E-state index in [1.54, 1.807) is 0 Å². The number of nitrogens with two attached hydrogens (primary N) is 1. The van der Waals surface area contributed by atoms with Crippen molar-refractivity contribution in [2.75, 3.05) is 10.6 Å². The normalized spacial score (nSPS) is 14.0. The zero-order valence-electron chi connectivity index (χ0n) is 16.9. The average Bonchev–Trinajstić information content (AvgIpc) is 2.60. The van der Waals surface area contributed by atoms with Gasteiger partial charge in [0.05, 0.1) is 12.6 Å². The van der Waals surface area contributed by atoms with Gasteiger partial charge < -0.3 is 21.1 Å². The number of amides is 1. The summed E-state index contributed by atoms with van der Waals surface area (Å²) in [4.78, 5) is 16.5. The Labute approximate surface area is 189 Å². The van der Waals surface area contributed by atoms with Crippen LogP contribution in [0, 0.1) is 5.92 Å². The molecular weight excluding hydrogens is 479 g/mol. The number of hydrogen-bond donors (Lipinski definition) is 3. The maximum atomic E-state index is 12.1. The highest BCUT2D eigenvalue weighted by atomic mass is 127. The van der Waals surface area contributed by atoms with Gasteiger partial charge in [0.15, 0.2) is 5.96 Å². The van der Waals surface area contributed by atoms with Crippen LogP contribution in [0.15, 0.2) is 53.5 Å². The quantitative estimate of drug-likeness (QED) is 0.286. The van der Waals surface area contributed by atoms with Crippen LogP contribution in [0.25, 0.3) is 0 Å². The minimum absolute atomic E-state index is 0. The molecule has 29 heavy (non-hydrogen) atoms. The van der Waals surface area contributed by atoms with Gasteiger partial charge in [0, 0.05) is 17.3 Å². The van der Waals surface area contributed by atoms with Crippen molar-refractivity contribution in [1.82, 2.24) is 0 Å². The van der Waals surface area contributed by atoms with Crippen molar-refractivity contribution < 1.29 is 9.53 Å². The Morgan fingerprint density at radius 1 is 1.14 bits per heavy atom. The number of guanidine groups is 1. The summed E-state index contributed by atoms with van der Waals surface area (Å²) in [7, 11) is 0. The van der Waals surface area contributed by atoms with E-state index in [4.69, 9.17) is 10.5 Å². The van der Waals surface area contributed by atoms with Crippen LogP contribution < -0.4 is 21.1 Å². The topological polar surface area (TPSA) is 88.7 Å². The lowest BCUT2D eigenvalue weighted by Gasteiger charge is -2.24. The van der Waals surface area contributed by atoms with Gasteiger partial charge in [-0.3, -0.25) is 4.79 Å². The fraction of sp³-hybridized carbons (Fsp3) is 0.364. The van der Waals surface area contributed by atoms with E-state index < -0.39 is 0 Å². The van der Waals surface area contributed by atoms with E-state index in [-0.39, 0.29) is 41.9 Å². The molecule has 4 N–H and O–H groups in total. The lowest BCUT2D eigenvalue weighted by Crippen LogP contribution is -2.28. The summed E-state index contributed by atoms with van der Waals surface area (Å²) in [5.41, 5.74) is 8.63. The van der Waals surface area contributed by atoms with Crippen LogP contribution in [0.3, 0.4) is 0 Å². The van der Waals surface area contributed by atoms with E-state index >= 15 is 0 Å². The van der Waals surface area contributed by atoms with E-state index in [0.29, 0.717) is 12.5 Å². The summed E-state index contributed by atoms with van der Waals surface area (Å²) in [6.07, 6.45) is 3.26. The molecule has 1 aliphatic carbocycles. The number of nitrogens with one attached hydrogen (secondary N) is 2. The summed E-state index contributed by atoms with van der Waals surface area (Å²) in [5.74, 6) is 1.43. The van der Waals surface area contributed by atoms with Crippen LogP contribution >= 0.6 is 24.0 Å². The van der Waals surface area contributed by atoms with Gasteiger partial charge in [-0.2, -0.15) is 0 Å². The number of carbonyl (C=O) groups is 1. The largest absolute Gasteiger partial charge is 0.491 e. The molecule has 0 heterocycles. The number of hydrogen-bond acceptors (Lipinski definition) is 3. The third kappa shape index (κ3) is 7.23. The van der Waals surface area contributed by atoms with Crippen LogP contribution in [-0.4, -0.2) is 18.0 Å². The highest BCUT2D eigenvalue weighted by Crippen LogP contribution is 2.27. The molecule has 1 saturated carbocycles. The number of ether oxygens (including phenoxy) is 1. The molecule has 2 aromatic carbocycles. The van der Waals surface area contributed by atoms with Gasteiger partial charge in [-0.25, -0.2) is 4.99 Å². The Morgan fingerprint density at radius 3 is 2.48 bits per heavy atom. The molecular formula is C22H29IN4O2. The Morgan fingerprint density at radius 2 is 1.86 bits per heavy atom. The minimum Gasteiger partial charge on any atom is -0.491 e. The smallest absolute Gasteiger partial charge is 0.227 e. The van der Waals surface area contributed by atoms with Gasteiger partial charge >= 0.3 is 0 Å². The van der Waals surface area contributed by atoms with Crippen LogP contribution in [0.2, 0.25) is 0 Å². The van der Waals surface area contributed by atoms with Gasteiger partial charge in [0.1, 0.15) is 5.75 Å². The molecule has 0 atom stereocenters. The number of halogens is 1. The summed E-state index contributed by atoms with van der Waals surface area (Å²) >= 11 is 0. The van der Waals surface area contributed by atoms with Crippen LogP contribution in [0.4, 0.5) is 11.4 Å². The van der Waals surface area contributed by atoms with Gasteiger partial charge in [0.2, 0.25) is 5.91 Å². The minimum atomic E-state index is 0. The Balaban J connectivity index is 0.00000300.